The average Bonchev–Trinajstić information content (AvgIpc) is 2.46. The molecule has 29 heavy (non-hydrogen) atoms. The van der Waals surface area contributed by atoms with Gasteiger partial charge in [-0.2, -0.15) is 0 Å². The van der Waals surface area contributed by atoms with Gasteiger partial charge in [0.2, 0.25) is 0 Å². The molecule has 0 saturated carbocycles. The van der Waals surface area contributed by atoms with Crippen molar-refractivity contribution in [2.24, 2.45) is 33.5 Å². The summed E-state index contributed by atoms with van der Waals surface area (Å²) in [5.41, 5.74) is 1.42. The van der Waals surface area contributed by atoms with Gasteiger partial charge in [0.1, 0.15) is 0 Å². The normalized spacial score (nSPS) is 16.1. The molecule has 2 N–H and O–H groups in total. The lowest BCUT2D eigenvalue weighted by molar-refractivity contribution is 0.121. The van der Waals surface area contributed by atoms with Crippen molar-refractivity contribution in [2.45, 2.75) is 95.9 Å². The van der Waals surface area contributed by atoms with Crippen LogP contribution in [0.15, 0.2) is 0 Å². The quantitative estimate of drug-likeness (QED) is 0.365. The largest absolute Gasteiger partial charge is 0.379 e. The van der Waals surface area contributed by atoms with Crippen molar-refractivity contribution in [1.82, 2.24) is 10.6 Å². The van der Waals surface area contributed by atoms with Gasteiger partial charge in [-0.25, -0.2) is 0 Å². The molecular formula is C26H56N2O. The van der Waals surface area contributed by atoms with E-state index < -0.39 is 0 Å². The molecule has 0 saturated heterocycles. The van der Waals surface area contributed by atoms with Gasteiger partial charge in [0, 0.05) is 13.1 Å². The van der Waals surface area contributed by atoms with Crippen molar-refractivity contribution in [3.63, 3.8) is 0 Å². The molecule has 3 nitrogen and oxygen atoms in total. The molecule has 0 radical (unpaired) electrons. The zero-order valence-electron chi connectivity index (χ0n) is 22.2. The topological polar surface area (TPSA) is 33.3 Å². The summed E-state index contributed by atoms with van der Waals surface area (Å²) >= 11 is 0. The molecule has 176 valence electrons. The standard InChI is InChI=1S/C26H56N2O/c1-23(2,3)17-21(25(7,8)9)19-27-13-15-29-16-14-28-20-22(26(10,11)12)18-24(4,5)6/h21-22,27-28H,13-20H2,1-12H3. The van der Waals surface area contributed by atoms with Crippen LogP contribution in [0.5, 0.6) is 0 Å². The predicted octanol–water partition coefficient (Wildman–Crippen LogP) is 6.38. The van der Waals surface area contributed by atoms with Crippen LogP contribution in [0.3, 0.4) is 0 Å². The summed E-state index contributed by atoms with van der Waals surface area (Å²) in [6.07, 6.45) is 2.50. The minimum absolute atomic E-state index is 0.335. The molecule has 0 aromatic rings. The fourth-order valence-corrected chi connectivity index (χ4v) is 3.79. The first-order valence-electron chi connectivity index (χ1n) is 11.9. The van der Waals surface area contributed by atoms with Gasteiger partial charge >= 0.3 is 0 Å². The van der Waals surface area contributed by atoms with Crippen LogP contribution in [0, 0.1) is 33.5 Å². The first-order chi connectivity index (χ1) is 12.9. The smallest absolute Gasteiger partial charge is 0.0591 e. The van der Waals surface area contributed by atoms with Crippen molar-refractivity contribution in [1.29, 1.82) is 0 Å². The molecule has 3 heteroatoms. The van der Waals surface area contributed by atoms with Crippen LogP contribution >= 0.6 is 0 Å². The zero-order chi connectivity index (χ0) is 22.9. The Kier molecular flexibility index (Phi) is 12.0. The van der Waals surface area contributed by atoms with Gasteiger partial charge in [-0.15, -0.1) is 0 Å². The molecular weight excluding hydrogens is 356 g/mol. The summed E-state index contributed by atoms with van der Waals surface area (Å²) in [4.78, 5) is 0. The van der Waals surface area contributed by atoms with E-state index in [4.69, 9.17) is 4.74 Å². The second kappa shape index (κ2) is 12.1. The first-order valence-corrected chi connectivity index (χ1v) is 11.9. The van der Waals surface area contributed by atoms with E-state index in [1.54, 1.807) is 0 Å². The van der Waals surface area contributed by atoms with E-state index in [1.807, 2.05) is 0 Å². The van der Waals surface area contributed by atoms with Crippen LogP contribution in [-0.2, 0) is 4.74 Å². The highest BCUT2D eigenvalue weighted by atomic mass is 16.5. The minimum atomic E-state index is 0.335. The molecule has 0 amide bonds. The maximum atomic E-state index is 5.85. The highest BCUT2D eigenvalue weighted by Gasteiger charge is 2.29. The Labute approximate surface area is 184 Å². The third kappa shape index (κ3) is 16.3. The van der Waals surface area contributed by atoms with Crippen molar-refractivity contribution < 1.29 is 4.74 Å². The molecule has 0 rings (SSSR count). The maximum Gasteiger partial charge on any atom is 0.0591 e. The van der Waals surface area contributed by atoms with Crippen LogP contribution in [0.4, 0.5) is 0 Å². The lowest BCUT2D eigenvalue weighted by Gasteiger charge is -2.36. The summed E-state index contributed by atoms with van der Waals surface area (Å²) in [7, 11) is 0. The van der Waals surface area contributed by atoms with Crippen LogP contribution in [-0.4, -0.2) is 39.4 Å². The number of nitrogens with one attached hydrogen (secondary N) is 2. The third-order valence-electron chi connectivity index (χ3n) is 5.79. The third-order valence-corrected chi connectivity index (χ3v) is 5.79. The SMILES string of the molecule is CC(C)(C)CC(CNCCOCCNCC(CC(C)(C)C)C(C)(C)C)C(C)(C)C. The number of ether oxygens (including phenoxy) is 1. The Morgan fingerprint density at radius 2 is 0.862 bits per heavy atom. The van der Waals surface area contributed by atoms with Gasteiger partial charge in [0.15, 0.2) is 0 Å². The molecule has 2 atom stereocenters. The van der Waals surface area contributed by atoms with Gasteiger partial charge in [-0.1, -0.05) is 83.1 Å². The average molecular weight is 413 g/mol. The fraction of sp³-hybridized carbons (Fsp3) is 1.00. The van der Waals surface area contributed by atoms with Crippen LogP contribution in [0.2, 0.25) is 0 Å². The molecule has 2 unspecified atom stereocenters. The lowest BCUT2D eigenvalue weighted by Crippen LogP contribution is -2.37. The summed E-state index contributed by atoms with van der Waals surface area (Å²) in [5, 5.41) is 7.25. The second-order valence-corrected chi connectivity index (χ2v) is 13.7. The van der Waals surface area contributed by atoms with Gasteiger partial charge < -0.3 is 15.4 Å². The van der Waals surface area contributed by atoms with E-state index in [0.717, 1.165) is 39.4 Å². The fourth-order valence-electron chi connectivity index (χ4n) is 3.79. The van der Waals surface area contributed by atoms with Gasteiger partial charge in [-0.3, -0.25) is 0 Å². The Morgan fingerprint density at radius 3 is 1.10 bits per heavy atom. The minimum Gasteiger partial charge on any atom is -0.379 e. The van der Waals surface area contributed by atoms with E-state index in [2.05, 4.69) is 93.7 Å². The van der Waals surface area contributed by atoms with Crippen LogP contribution in [0.1, 0.15) is 95.9 Å². The summed E-state index contributed by atoms with van der Waals surface area (Å²) < 4.78 is 5.85. The zero-order valence-corrected chi connectivity index (χ0v) is 22.2. The van der Waals surface area contributed by atoms with E-state index in [9.17, 15) is 0 Å². The van der Waals surface area contributed by atoms with Gasteiger partial charge in [0.25, 0.3) is 0 Å². The van der Waals surface area contributed by atoms with Crippen LogP contribution in [0.25, 0.3) is 0 Å². The molecule has 0 aliphatic rings. The van der Waals surface area contributed by atoms with Gasteiger partial charge in [-0.05, 0) is 59.4 Å². The molecule has 0 aliphatic carbocycles. The van der Waals surface area contributed by atoms with E-state index >= 15 is 0 Å². The number of hydrogen-bond donors (Lipinski definition) is 2. The summed E-state index contributed by atoms with van der Waals surface area (Å²) in [6.45, 7) is 33.8. The Bertz CT molecular complexity index is 378. The van der Waals surface area contributed by atoms with Crippen molar-refractivity contribution >= 4 is 0 Å². The highest BCUT2D eigenvalue weighted by Crippen LogP contribution is 2.36. The highest BCUT2D eigenvalue weighted by molar-refractivity contribution is 4.81. The van der Waals surface area contributed by atoms with E-state index in [1.165, 1.54) is 12.8 Å². The molecule has 0 fully saturated rings. The predicted molar refractivity (Wildman–Crippen MR) is 131 cm³/mol. The van der Waals surface area contributed by atoms with Crippen molar-refractivity contribution in [2.75, 3.05) is 39.4 Å². The van der Waals surface area contributed by atoms with E-state index in [-0.39, 0.29) is 0 Å². The molecule has 0 bridgehead atoms. The molecule has 0 heterocycles. The maximum absolute atomic E-state index is 5.85. The second-order valence-electron chi connectivity index (χ2n) is 13.7. The van der Waals surface area contributed by atoms with E-state index in [0.29, 0.717) is 33.5 Å². The summed E-state index contributed by atoms with van der Waals surface area (Å²) in [5.74, 6) is 1.36. The first kappa shape index (κ1) is 28.9. The Hall–Kier alpha value is -0.120. The number of rotatable bonds is 12. The number of hydrogen-bond acceptors (Lipinski definition) is 3. The Morgan fingerprint density at radius 1 is 0.552 bits per heavy atom. The summed E-state index contributed by atoms with van der Waals surface area (Å²) in [6, 6.07) is 0. The van der Waals surface area contributed by atoms with Gasteiger partial charge in [0.05, 0.1) is 13.2 Å². The van der Waals surface area contributed by atoms with Crippen molar-refractivity contribution in [3.05, 3.63) is 0 Å². The van der Waals surface area contributed by atoms with Crippen LogP contribution < -0.4 is 10.6 Å². The van der Waals surface area contributed by atoms with Crippen molar-refractivity contribution in [3.8, 4) is 0 Å². The molecule has 0 aromatic heterocycles. The molecule has 0 aromatic carbocycles. The molecule has 0 spiro atoms. The molecule has 0 aliphatic heterocycles. The Balaban J connectivity index is 4.02. The lowest BCUT2D eigenvalue weighted by atomic mass is 9.72. The monoisotopic (exact) mass is 412 g/mol.